The molecule has 1 aliphatic rings. The molecule has 0 aliphatic heterocycles. The first-order chi connectivity index (χ1) is 7.85. The van der Waals surface area contributed by atoms with Gasteiger partial charge in [0.2, 0.25) is 0 Å². The maximum absolute atomic E-state index is 9.00. The Balaban J connectivity index is 2.21. The molecule has 1 aromatic carbocycles. The summed E-state index contributed by atoms with van der Waals surface area (Å²) >= 11 is 0. The van der Waals surface area contributed by atoms with Crippen molar-refractivity contribution in [1.82, 2.24) is 0 Å². The number of ether oxygens (including phenoxy) is 1. The van der Waals surface area contributed by atoms with Gasteiger partial charge in [-0.15, -0.1) is 0 Å². The molecule has 0 spiro atoms. The molecule has 0 amide bonds. The van der Waals surface area contributed by atoms with Gasteiger partial charge in [-0.3, -0.25) is 0 Å². The van der Waals surface area contributed by atoms with E-state index in [1.807, 2.05) is 24.3 Å². The van der Waals surface area contributed by atoms with E-state index in [1.54, 1.807) is 7.11 Å². The molecule has 16 heavy (non-hydrogen) atoms. The summed E-state index contributed by atoms with van der Waals surface area (Å²) < 4.78 is 5.35. The van der Waals surface area contributed by atoms with Crippen LogP contribution in [0.25, 0.3) is 0 Å². The summed E-state index contributed by atoms with van der Waals surface area (Å²) in [6.07, 6.45) is 7.12. The first kappa shape index (κ1) is 11.0. The lowest BCUT2D eigenvalue weighted by Gasteiger charge is -2.18. The molecule has 1 atom stereocenters. The number of aliphatic hydroxyl groups is 1. The number of rotatable bonds is 3. The molecule has 0 saturated carbocycles. The van der Waals surface area contributed by atoms with Gasteiger partial charge in [-0.05, 0) is 18.1 Å². The predicted octanol–water partition coefficient (Wildman–Crippen LogP) is 2.66. The fourth-order valence-electron chi connectivity index (χ4n) is 1.99. The van der Waals surface area contributed by atoms with E-state index < -0.39 is 0 Å². The van der Waals surface area contributed by atoms with E-state index in [0.29, 0.717) is 5.92 Å². The van der Waals surface area contributed by atoms with Gasteiger partial charge in [-0.2, -0.15) is 0 Å². The van der Waals surface area contributed by atoms with Crippen molar-refractivity contribution < 1.29 is 9.84 Å². The lowest BCUT2D eigenvalue weighted by Crippen LogP contribution is -2.02. The summed E-state index contributed by atoms with van der Waals surface area (Å²) in [6, 6.07) is 8.07. The van der Waals surface area contributed by atoms with Gasteiger partial charge in [0.1, 0.15) is 5.75 Å². The molecule has 2 nitrogen and oxygen atoms in total. The second kappa shape index (κ2) is 4.99. The summed E-state index contributed by atoms with van der Waals surface area (Å²) in [4.78, 5) is 0. The van der Waals surface area contributed by atoms with E-state index in [4.69, 9.17) is 9.84 Å². The number of allylic oxidation sites excluding steroid dienone is 2. The summed E-state index contributed by atoms with van der Waals surface area (Å²) in [5.41, 5.74) is 2.20. The number of methoxy groups -OCH3 is 1. The second-order valence-electron chi connectivity index (χ2n) is 3.88. The van der Waals surface area contributed by atoms with Crippen molar-refractivity contribution >= 4 is 0 Å². The zero-order valence-corrected chi connectivity index (χ0v) is 9.39. The molecule has 2 heteroatoms. The molecule has 0 radical (unpaired) electrons. The topological polar surface area (TPSA) is 29.5 Å². The highest BCUT2D eigenvalue weighted by Crippen LogP contribution is 2.32. The molecular formula is C14H16O2. The lowest BCUT2D eigenvalue weighted by atomic mass is 9.90. The Morgan fingerprint density at radius 1 is 1.38 bits per heavy atom. The minimum absolute atomic E-state index is 0.120. The van der Waals surface area contributed by atoms with Crippen LogP contribution in [0.3, 0.4) is 0 Å². The van der Waals surface area contributed by atoms with Gasteiger partial charge in [-0.1, -0.05) is 36.4 Å². The van der Waals surface area contributed by atoms with Crippen molar-refractivity contribution in [1.29, 1.82) is 0 Å². The fourth-order valence-corrected chi connectivity index (χ4v) is 1.99. The smallest absolute Gasteiger partial charge is 0.122 e. The van der Waals surface area contributed by atoms with E-state index >= 15 is 0 Å². The minimum atomic E-state index is 0.120. The molecule has 0 heterocycles. The number of aliphatic hydroxyl groups excluding tert-OH is 1. The highest BCUT2D eigenvalue weighted by Gasteiger charge is 2.14. The van der Waals surface area contributed by atoms with Crippen molar-refractivity contribution in [2.24, 2.45) is 0 Å². The van der Waals surface area contributed by atoms with Crippen LogP contribution in [0.5, 0.6) is 5.75 Å². The number of benzene rings is 1. The van der Waals surface area contributed by atoms with Crippen LogP contribution in [0.1, 0.15) is 17.9 Å². The standard InChI is InChI=1S/C14H16O2/c1-16-14-5-3-2-4-13(14)12-8-6-11(10-15)7-9-12/h2-8,12,15H,9-10H2,1H3. The third-order valence-corrected chi connectivity index (χ3v) is 2.90. The largest absolute Gasteiger partial charge is 0.496 e. The second-order valence-corrected chi connectivity index (χ2v) is 3.88. The van der Waals surface area contributed by atoms with E-state index in [2.05, 4.69) is 18.2 Å². The molecule has 1 unspecified atom stereocenters. The number of para-hydroxylation sites is 1. The van der Waals surface area contributed by atoms with Crippen LogP contribution in [-0.4, -0.2) is 18.8 Å². The van der Waals surface area contributed by atoms with Crippen molar-refractivity contribution in [3.8, 4) is 5.75 Å². The zero-order valence-electron chi connectivity index (χ0n) is 9.39. The molecule has 1 aliphatic carbocycles. The minimum Gasteiger partial charge on any atom is -0.496 e. The van der Waals surface area contributed by atoms with Crippen molar-refractivity contribution in [3.63, 3.8) is 0 Å². The van der Waals surface area contributed by atoms with Crippen molar-refractivity contribution in [2.45, 2.75) is 12.3 Å². The number of hydrogen-bond acceptors (Lipinski definition) is 2. The van der Waals surface area contributed by atoms with Gasteiger partial charge in [0.05, 0.1) is 13.7 Å². The monoisotopic (exact) mass is 216 g/mol. The highest BCUT2D eigenvalue weighted by molar-refractivity contribution is 5.41. The van der Waals surface area contributed by atoms with Gasteiger partial charge >= 0.3 is 0 Å². The van der Waals surface area contributed by atoms with Crippen LogP contribution in [0, 0.1) is 0 Å². The highest BCUT2D eigenvalue weighted by atomic mass is 16.5. The molecule has 0 bridgehead atoms. The normalized spacial score (nSPS) is 19.4. The quantitative estimate of drug-likeness (QED) is 0.841. The van der Waals surface area contributed by atoms with Crippen LogP contribution >= 0.6 is 0 Å². The average Bonchev–Trinajstić information content (AvgIpc) is 2.39. The third-order valence-electron chi connectivity index (χ3n) is 2.90. The molecule has 2 rings (SSSR count). The Labute approximate surface area is 95.9 Å². The van der Waals surface area contributed by atoms with Crippen molar-refractivity contribution in [2.75, 3.05) is 13.7 Å². The van der Waals surface area contributed by atoms with Crippen LogP contribution in [0.15, 0.2) is 48.1 Å². The Morgan fingerprint density at radius 2 is 2.19 bits per heavy atom. The van der Waals surface area contributed by atoms with Crippen LogP contribution in [-0.2, 0) is 0 Å². The lowest BCUT2D eigenvalue weighted by molar-refractivity contribution is 0.334. The first-order valence-electron chi connectivity index (χ1n) is 5.46. The SMILES string of the molecule is COc1ccccc1C1C=CC(CO)=CC1. The summed E-state index contributed by atoms with van der Waals surface area (Å²) in [6.45, 7) is 0.120. The van der Waals surface area contributed by atoms with E-state index in [9.17, 15) is 0 Å². The Bertz CT molecular complexity index is 418. The fraction of sp³-hybridized carbons (Fsp3) is 0.286. The Kier molecular flexibility index (Phi) is 3.42. The van der Waals surface area contributed by atoms with Crippen LogP contribution in [0.2, 0.25) is 0 Å². The van der Waals surface area contributed by atoms with Gasteiger partial charge in [0.25, 0.3) is 0 Å². The van der Waals surface area contributed by atoms with Crippen LogP contribution in [0.4, 0.5) is 0 Å². The van der Waals surface area contributed by atoms with Crippen molar-refractivity contribution in [3.05, 3.63) is 53.6 Å². The Morgan fingerprint density at radius 3 is 2.81 bits per heavy atom. The molecule has 0 fully saturated rings. The molecular weight excluding hydrogens is 200 g/mol. The first-order valence-corrected chi connectivity index (χ1v) is 5.46. The van der Waals surface area contributed by atoms with Crippen LogP contribution < -0.4 is 4.74 Å². The Hall–Kier alpha value is -1.54. The summed E-state index contributed by atoms with van der Waals surface area (Å²) in [5.74, 6) is 1.28. The molecule has 1 N–H and O–H groups in total. The van der Waals surface area contributed by atoms with Gasteiger partial charge in [0, 0.05) is 11.5 Å². The predicted molar refractivity (Wildman–Crippen MR) is 64.7 cm³/mol. The maximum Gasteiger partial charge on any atom is 0.122 e. The molecule has 84 valence electrons. The molecule has 0 aromatic heterocycles. The number of hydrogen-bond donors (Lipinski definition) is 1. The van der Waals surface area contributed by atoms with Gasteiger partial charge in [0.15, 0.2) is 0 Å². The maximum atomic E-state index is 9.00. The molecule has 1 aromatic rings. The van der Waals surface area contributed by atoms with Gasteiger partial charge in [-0.25, -0.2) is 0 Å². The van der Waals surface area contributed by atoms with E-state index in [1.165, 1.54) is 5.56 Å². The summed E-state index contributed by atoms with van der Waals surface area (Å²) in [7, 11) is 1.69. The molecule has 0 saturated heterocycles. The summed E-state index contributed by atoms with van der Waals surface area (Å²) in [5, 5.41) is 9.00. The third kappa shape index (κ3) is 2.17. The average molecular weight is 216 g/mol. The van der Waals surface area contributed by atoms with E-state index in [0.717, 1.165) is 17.7 Å². The zero-order chi connectivity index (χ0) is 11.4. The van der Waals surface area contributed by atoms with E-state index in [-0.39, 0.29) is 6.61 Å². The van der Waals surface area contributed by atoms with Gasteiger partial charge < -0.3 is 9.84 Å².